The highest BCUT2D eigenvalue weighted by molar-refractivity contribution is 5.91. The van der Waals surface area contributed by atoms with Gasteiger partial charge in [-0.1, -0.05) is 23.4 Å². The Morgan fingerprint density at radius 1 is 1.35 bits per heavy atom. The first-order chi connectivity index (χ1) is 11.3. The summed E-state index contributed by atoms with van der Waals surface area (Å²) in [5.74, 6) is -0.296. The van der Waals surface area contributed by atoms with Crippen LogP contribution in [-0.2, 0) is 17.9 Å². The number of aromatic amines is 1. The molecule has 1 aromatic carbocycles. The number of hydrogen-bond acceptors (Lipinski definition) is 5. The summed E-state index contributed by atoms with van der Waals surface area (Å²) < 4.78 is 6.55. The van der Waals surface area contributed by atoms with E-state index in [9.17, 15) is 4.79 Å². The largest absolute Gasteiger partial charge is 0.378 e. The second-order valence-electron chi connectivity index (χ2n) is 4.88. The highest BCUT2D eigenvalue weighted by Gasteiger charge is 2.11. The first-order valence-electron chi connectivity index (χ1n) is 7.04. The van der Waals surface area contributed by atoms with Gasteiger partial charge in [0.15, 0.2) is 5.69 Å². The number of rotatable bonds is 6. The Bertz CT molecular complexity index is 780. The molecule has 8 nitrogen and oxygen atoms in total. The monoisotopic (exact) mass is 312 g/mol. The number of methoxy groups -OCH3 is 1. The fourth-order valence-corrected chi connectivity index (χ4v) is 2.06. The van der Waals surface area contributed by atoms with Gasteiger partial charge in [0.25, 0.3) is 5.91 Å². The summed E-state index contributed by atoms with van der Waals surface area (Å²) in [6.45, 7) is 0.754. The fourth-order valence-electron chi connectivity index (χ4n) is 2.06. The molecule has 0 fully saturated rings. The molecular formula is C15H16N6O2. The van der Waals surface area contributed by atoms with Crippen LogP contribution in [0.15, 0.2) is 42.6 Å². The number of carbonyl (C=O) groups is 1. The van der Waals surface area contributed by atoms with Gasteiger partial charge in [-0.2, -0.15) is 5.10 Å². The molecule has 0 aliphatic carbocycles. The molecule has 2 heterocycles. The molecule has 0 saturated heterocycles. The number of benzene rings is 1. The molecule has 23 heavy (non-hydrogen) atoms. The molecule has 0 unspecified atom stereocenters. The number of para-hydroxylation sites is 1. The molecule has 8 heteroatoms. The molecule has 1 amide bonds. The highest BCUT2D eigenvalue weighted by atomic mass is 16.5. The van der Waals surface area contributed by atoms with E-state index in [1.165, 1.54) is 0 Å². The molecule has 0 atom stereocenters. The van der Waals surface area contributed by atoms with Crippen LogP contribution < -0.4 is 5.32 Å². The number of ether oxygens (including phenoxy) is 1. The molecule has 3 aromatic rings. The zero-order chi connectivity index (χ0) is 16.1. The maximum atomic E-state index is 12.1. The van der Waals surface area contributed by atoms with Gasteiger partial charge in [0.1, 0.15) is 0 Å². The van der Waals surface area contributed by atoms with Gasteiger partial charge in [-0.05, 0) is 18.2 Å². The summed E-state index contributed by atoms with van der Waals surface area (Å²) in [7, 11) is 1.60. The third-order valence-corrected chi connectivity index (χ3v) is 3.16. The summed E-state index contributed by atoms with van der Waals surface area (Å²) in [5, 5.41) is 17.5. The SMILES string of the molecule is COCc1cc(CNC(=O)c2cn(-c3ccccc3)nn2)[nH]n1. The lowest BCUT2D eigenvalue weighted by atomic mass is 10.3. The molecule has 118 valence electrons. The summed E-state index contributed by atoms with van der Waals surface area (Å²) in [6, 6.07) is 11.3. The van der Waals surface area contributed by atoms with Crippen LogP contribution in [0.2, 0.25) is 0 Å². The zero-order valence-corrected chi connectivity index (χ0v) is 12.6. The van der Waals surface area contributed by atoms with Gasteiger partial charge in [-0.25, -0.2) is 4.68 Å². The van der Waals surface area contributed by atoms with Crippen molar-refractivity contribution in [3.8, 4) is 5.69 Å². The minimum Gasteiger partial charge on any atom is -0.378 e. The van der Waals surface area contributed by atoms with Crippen molar-refractivity contribution in [1.82, 2.24) is 30.5 Å². The van der Waals surface area contributed by atoms with Gasteiger partial charge in [0, 0.05) is 7.11 Å². The van der Waals surface area contributed by atoms with E-state index >= 15 is 0 Å². The van der Waals surface area contributed by atoms with Crippen molar-refractivity contribution >= 4 is 5.91 Å². The molecule has 0 saturated carbocycles. The van der Waals surface area contributed by atoms with Crippen LogP contribution >= 0.6 is 0 Å². The van der Waals surface area contributed by atoms with Crippen molar-refractivity contribution in [2.45, 2.75) is 13.2 Å². The Morgan fingerprint density at radius 3 is 2.96 bits per heavy atom. The van der Waals surface area contributed by atoms with Gasteiger partial charge >= 0.3 is 0 Å². The Labute approximate surface area is 132 Å². The van der Waals surface area contributed by atoms with Crippen molar-refractivity contribution in [3.05, 3.63) is 59.7 Å². The average Bonchev–Trinajstić information content (AvgIpc) is 3.23. The van der Waals surface area contributed by atoms with E-state index < -0.39 is 0 Å². The lowest BCUT2D eigenvalue weighted by Gasteiger charge is -2.00. The highest BCUT2D eigenvalue weighted by Crippen LogP contribution is 2.06. The van der Waals surface area contributed by atoms with E-state index in [0.29, 0.717) is 13.2 Å². The number of H-pyrrole nitrogens is 1. The topological polar surface area (TPSA) is 97.7 Å². The van der Waals surface area contributed by atoms with Crippen molar-refractivity contribution in [3.63, 3.8) is 0 Å². The van der Waals surface area contributed by atoms with Gasteiger partial charge in [-0.3, -0.25) is 9.89 Å². The van der Waals surface area contributed by atoms with Crippen molar-refractivity contribution in [1.29, 1.82) is 0 Å². The molecular weight excluding hydrogens is 296 g/mol. The minimum absolute atomic E-state index is 0.255. The summed E-state index contributed by atoms with van der Waals surface area (Å²) >= 11 is 0. The van der Waals surface area contributed by atoms with E-state index in [4.69, 9.17) is 4.74 Å². The van der Waals surface area contributed by atoms with Crippen LogP contribution in [-0.4, -0.2) is 38.2 Å². The van der Waals surface area contributed by atoms with Crippen LogP contribution in [0, 0.1) is 0 Å². The van der Waals surface area contributed by atoms with Crippen LogP contribution in [0.25, 0.3) is 5.69 Å². The lowest BCUT2D eigenvalue weighted by Crippen LogP contribution is -2.23. The van der Waals surface area contributed by atoms with Crippen LogP contribution in [0.1, 0.15) is 21.9 Å². The van der Waals surface area contributed by atoms with Gasteiger partial charge in [0.05, 0.1) is 36.4 Å². The molecule has 2 aromatic heterocycles. The van der Waals surface area contributed by atoms with Crippen molar-refractivity contribution in [2.24, 2.45) is 0 Å². The Balaban J connectivity index is 1.61. The molecule has 0 radical (unpaired) electrons. The van der Waals surface area contributed by atoms with Crippen molar-refractivity contribution in [2.75, 3.05) is 7.11 Å². The quantitative estimate of drug-likeness (QED) is 0.709. The van der Waals surface area contributed by atoms with Crippen LogP contribution in [0.4, 0.5) is 0 Å². The maximum Gasteiger partial charge on any atom is 0.273 e. The van der Waals surface area contributed by atoms with Gasteiger partial charge in [0.2, 0.25) is 0 Å². The average molecular weight is 312 g/mol. The summed E-state index contributed by atoms with van der Waals surface area (Å²) in [6.07, 6.45) is 1.59. The summed E-state index contributed by atoms with van der Waals surface area (Å²) in [5.41, 5.74) is 2.68. The number of amides is 1. The van der Waals surface area contributed by atoms with E-state index in [-0.39, 0.29) is 11.6 Å². The predicted molar refractivity (Wildman–Crippen MR) is 81.8 cm³/mol. The maximum absolute atomic E-state index is 12.1. The van der Waals surface area contributed by atoms with E-state index in [1.54, 1.807) is 18.0 Å². The van der Waals surface area contributed by atoms with Gasteiger partial charge < -0.3 is 10.1 Å². The number of hydrogen-bond donors (Lipinski definition) is 2. The summed E-state index contributed by atoms with van der Waals surface area (Å²) in [4.78, 5) is 12.1. The van der Waals surface area contributed by atoms with E-state index in [0.717, 1.165) is 17.1 Å². The molecule has 0 aliphatic heterocycles. The minimum atomic E-state index is -0.296. The number of carbonyl (C=O) groups excluding carboxylic acids is 1. The molecule has 0 spiro atoms. The Kier molecular flexibility index (Phi) is 4.44. The van der Waals surface area contributed by atoms with E-state index in [1.807, 2.05) is 36.4 Å². The van der Waals surface area contributed by atoms with Crippen LogP contribution in [0.5, 0.6) is 0 Å². The Hall–Kier alpha value is -3.00. The molecule has 0 aliphatic rings. The number of nitrogens with zero attached hydrogens (tertiary/aromatic N) is 4. The zero-order valence-electron chi connectivity index (χ0n) is 12.6. The first-order valence-corrected chi connectivity index (χ1v) is 7.04. The Morgan fingerprint density at radius 2 is 2.17 bits per heavy atom. The lowest BCUT2D eigenvalue weighted by molar-refractivity contribution is 0.0945. The smallest absolute Gasteiger partial charge is 0.273 e. The van der Waals surface area contributed by atoms with Gasteiger partial charge in [-0.15, -0.1) is 5.10 Å². The van der Waals surface area contributed by atoms with Crippen LogP contribution in [0.3, 0.4) is 0 Å². The molecule has 2 N–H and O–H groups in total. The third kappa shape index (κ3) is 3.61. The second kappa shape index (κ2) is 6.84. The van der Waals surface area contributed by atoms with Crippen molar-refractivity contribution < 1.29 is 9.53 Å². The number of aromatic nitrogens is 5. The first kappa shape index (κ1) is 14.9. The second-order valence-corrected chi connectivity index (χ2v) is 4.88. The standard InChI is InChI=1S/C15H16N6O2/c1-23-10-12-7-11(17-18-12)8-16-15(22)14-9-21(20-19-14)13-5-3-2-4-6-13/h2-7,9H,8,10H2,1H3,(H,16,22)(H,17,18). The number of nitrogens with one attached hydrogen (secondary N) is 2. The molecule has 0 bridgehead atoms. The molecule has 3 rings (SSSR count). The predicted octanol–water partition coefficient (Wildman–Crippen LogP) is 1.07. The third-order valence-electron chi connectivity index (χ3n) is 3.16. The van der Waals surface area contributed by atoms with E-state index in [2.05, 4.69) is 25.8 Å². The normalized spacial score (nSPS) is 10.7. The fraction of sp³-hybridized carbons (Fsp3) is 0.200.